The summed E-state index contributed by atoms with van der Waals surface area (Å²) >= 11 is 4.35. The molecule has 3 nitrogen and oxygen atoms in total. The molecule has 70 valence electrons. The van der Waals surface area contributed by atoms with E-state index in [1.165, 1.54) is 0 Å². The average molecular weight is 196 g/mol. The second-order valence-electron chi connectivity index (χ2n) is 2.96. The maximum Gasteiger partial charge on any atom is 0.220 e. The van der Waals surface area contributed by atoms with Crippen LogP contribution in [-0.2, 0) is 6.54 Å². The first-order valence-electron chi connectivity index (χ1n) is 4.37. The molecule has 2 heterocycles. The van der Waals surface area contributed by atoms with Gasteiger partial charge in [-0.1, -0.05) is 6.08 Å². The van der Waals surface area contributed by atoms with Gasteiger partial charge >= 0.3 is 0 Å². The van der Waals surface area contributed by atoms with E-state index in [0.29, 0.717) is 0 Å². The predicted molar refractivity (Wildman–Crippen MR) is 55.0 cm³/mol. The highest BCUT2D eigenvalue weighted by atomic mass is 32.1. The van der Waals surface area contributed by atoms with E-state index in [0.717, 1.165) is 35.9 Å². The lowest BCUT2D eigenvalue weighted by Gasteiger charge is -2.15. The monoisotopic (exact) mass is 196 g/mol. The Morgan fingerprint density at radius 2 is 2.62 bits per heavy atom. The van der Waals surface area contributed by atoms with E-state index in [1.54, 1.807) is 0 Å². The summed E-state index contributed by atoms with van der Waals surface area (Å²) in [6.45, 7) is 3.68. The lowest BCUT2D eigenvalue weighted by Crippen LogP contribution is -2.15. The van der Waals surface area contributed by atoms with Crippen molar-refractivity contribution in [2.24, 2.45) is 0 Å². The second-order valence-corrected chi connectivity index (χ2v) is 3.44. The van der Waals surface area contributed by atoms with Gasteiger partial charge in [-0.25, -0.2) is 4.68 Å². The van der Waals surface area contributed by atoms with Crippen LogP contribution in [0, 0.1) is 0 Å². The molecular weight excluding hydrogens is 184 g/mol. The number of aromatic nitrogens is 2. The fourth-order valence-corrected chi connectivity index (χ4v) is 1.55. The van der Waals surface area contributed by atoms with Crippen molar-refractivity contribution in [3.63, 3.8) is 0 Å². The SMILES string of the molecule is C/C=C(\S)c1cnn2c1OCCC2. The third-order valence-electron chi connectivity index (χ3n) is 2.09. The van der Waals surface area contributed by atoms with Crippen molar-refractivity contribution >= 4 is 17.5 Å². The first-order chi connectivity index (χ1) is 6.33. The van der Waals surface area contributed by atoms with Gasteiger partial charge in [-0.3, -0.25) is 0 Å². The molecule has 0 spiro atoms. The Hall–Kier alpha value is -0.900. The number of rotatable bonds is 1. The minimum Gasteiger partial charge on any atom is -0.477 e. The third kappa shape index (κ3) is 1.46. The number of hydrogen-bond acceptors (Lipinski definition) is 3. The van der Waals surface area contributed by atoms with Gasteiger partial charge in [0.2, 0.25) is 5.88 Å². The average Bonchev–Trinajstić information content (AvgIpc) is 2.60. The number of hydrogen-bond donors (Lipinski definition) is 1. The van der Waals surface area contributed by atoms with Gasteiger partial charge in [0.25, 0.3) is 0 Å². The molecule has 0 fully saturated rings. The number of thiol groups is 1. The smallest absolute Gasteiger partial charge is 0.220 e. The van der Waals surface area contributed by atoms with Gasteiger partial charge in [0.15, 0.2) is 0 Å². The highest BCUT2D eigenvalue weighted by molar-refractivity contribution is 7.90. The Balaban J connectivity index is 2.42. The summed E-state index contributed by atoms with van der Waals surface area (Å²) in [7, 11) is 0. The Bertz CT molecular complexity index is 343. The fourth-order valence-electron chi connectivity index (χ4n) is 1.40. The summed E-state index contributed by atoms with van der Waals surface area (Å²) in [6.07, 6.45) is 4.79. The highest BCUT2D eigenvalue weighted by Gasteiger charge is 2.16. The van der Waals surface area contributed by atoms with Crippen LogP contribution >= 0.6 is 12.6 Å². The molecular formula is C9H12N2OS. The molecule has 2 rings (SSSR count). The number of fused-ring (bicyclic) bond motifs is 1. The van der Waals surface area contributed by atoms with E-state index in [-0.39, 0.29) is 0 Å². The molecule has 0 aromatic carbocycles. The normalized spacial score (nSPS) is 16.6. The standard InChI is InChI=1S/C9H12N2OS/c1-2-8(13)7-6-10-11-4-3-5-12-9(7)11/h2,6,13H,3-5H2,1H3/b8-2-. The van der Waals surface area contributed by atoms with Crippen LogP contribution in [0.5, 0.6) is 5.88 Å². The first-order valence-corrected chi connectivity index (χ1v) is 4.82. The minimum atomic E-state index is 0.781. The molecule has 0 unspecified atom stereocenters. The Labute approximate surface area is 82.8 Å². The van der Waals surface area contributed by atoms with Crippen molar-refractivity contribution in [2.45, 2.75) is 19.9 Å². The molecule has 4 heteroatoms. The molecule has 0 saturated carbocycles. The van der Waals surface area contributed by atoms with Crippen LogP contribution in [0.3, 0.4) is 0 Å². The largest absolute Gasteiger partial charge is 0.477 e. The van der Waals surface area contributed by atoms with E-state index < -0.39 is 0 Å². The number of ether oxygens (including phenoxy) is 1. The summed E-state index contributed by atoms with van der Waals surface area (Å²) in [5.41, 5.74) is 0.991. The van der Waals surface area contributed by atoms with Gasteiger partial charge in [-0.15, -0.1) is 12.6 Å². The molecule has 1 aliphatic rings. The molecule has 1 aliphatic heterocycles. The maximum atomic E-state index is 5.53. The topological polar surface area (TPSA) is 27.1 Å². The zero-order chi connectivity index (χ0) is 9.26. The van der Waals surface area contributed by atoms with Crippen molar-refractivity contribution in [1.29, 1.82) is 0 Å². The Morgan fingerprint density at radius 1 is 1.77 bits per heavy atom. The molecule has 0 N–H and O–H groups in total. The van der Waals surface area contributed by atoms with Gasteiger partial charge in [-0.05, 0) is 6.92 Å². The van der Waals surface area contributed by atoms with Crippen LogP contribution in [0.15, 0.2) is 12.3 Å². The number of allylic oxidation sites excluding steroid dienone is 1. The lowest BCUT2D eigenvalue weighted by molar-refractivity contribution is 0.230. The van der Waals surface area contributed by atoms with Crippen LogP contribution in [0.1, 0.15) is 18.9 Å². The maximum absolute atomic E-state index is 5.53. The van der Waals surface area contributed by atoms with Crippen LogP contribution in [-0.4, -0.2) is 16.4 Å². The van der Waals surface area contributed by atoms with E-state index in [1.807, 2.05) is 23.9 Å². The lowest BCUT2D eigenvalue weighted by atomic mass is 10.3. The van der Waals surface area contributed by atoms with Gasteiger partial charge in [-0.2, -0.15) is 5.10 Å². The third-order valence-corrected chi connectivity index (χ3v) is 2.59. The van der Waals surface area contributed by atoms with Crippen molar-refractivity contribution in [1.82, 2.24) is 9.78 Å². The van der Waals surface area contributed by atoms with E-state index in [2.05, 4.69) is 17.7 Å². The van der Waals surface area contributed by atoms with Gasteiger partial charge in [0.1, 0.15) is 0 Å². The van der Waals surface area contributed by atoms with Crippen LogP contribution in [0.25, 0.3) is 4.91 Å². The van der Waals surface area contributed by atoms with Gasteiger partial charge in [0.05, 0.1) is 18.4 Å². The molecule has 1 aromatic rings. The summed E-state index contributed by atoms with van der Waals surface area (Å²) < 4.78 is 7.42. The van der Waals surface area contributed by atoms with Gasteiger partial charge < -0.3 is 4.74 Å². The number of aryl methyl sites for hydroxylation is 1. The molecule has 0 saturated heterocycles. The molecule has 0 amide bonds. The van der Waals surface area contributed by atoms with Crippen molar-refractivity contribution in [3.05, 3.63) is 17.8 Å². The molecule has 1 aromatic heterocycles. The van der Waals surface area contributed by atoms with Gasteiger partial charge in [0, 0.05) is 17.9 Å². The highest BCUT2D eigenvalue weighted by Crippen LogP contribution is 2.30. The van der Waals surface area contributed by atoms with E-state index in [9.17, 15) is 0 Å². The minimum absolute atomic E-state index is 0.781. The summed E-state index contributed by atoms with van der Waals surface area (Å²) in [5.74, 6) is 0.856. The molecule has 0 aliphatic carbocycles. The molecule has 0 bridgehead atoms. The van der Waals surface area contributed by atoms with E-state index in [4.69, 9.17) is 4.74 Å². The zero-order valence-electron chi connectivity index (χ0n) is 7.53. The van der Waals surface area contributed by atoms with Crippen molar-refractivity contribution in [2.75, 3.05) is 6.61 Å². The van der Waals surface area contributed by atoms with Crippen molar-refractivity contribution < 1.29 is 4.74 Å². The molecule has 0 atom stereocenters. The predicted octanol–water partition coefficient (Wildman–Crippen LogP) is 1.96. The second kappa shape index (κ2) is 3.46. The Morgan fingerprint density at radius 3 is 3.38 bits per heavy atom. The van der Waals surface area contributed by atoms with E-state index >= 15 is 0 Å². The fraction of sp³-hybridized carbons (Fsp3) is 0.444. The number of nitrogens with zero attached hydrogens (tertiary/aromatic N) is 2. The molecule has 13 heavy (non-hydrogen) atoms. The van der Waals surface area contributed by atoms with Crippen LogP contribution in [0.4, 0.5) is 0 Å². The summed E-state index contributed by atoms with van der Waals surface area (Å²) in [5, 5.41) is 4.23. The Kier molecular flexibility index (Phi) is 2.31. The van der Waals surface area contributed by atoms with Crippen LogP contribution in [0.2, 0.25) is 0 Å². The van der Waals surface area contributed by atoms with Crippen LogP contribution < -0.4 is 4.74 Å². The quantitative estimate of drug-likeness (QED) is 0.695. The summed E-state index contributed by atoms with van der Waals surface area (Å²) in [4.78, 5) is 0.920. The van der Waals surface area contributed by atoms with Crippen molar-refractivity contribution in [3.8, 4) is 5.88 Å². The summed E-state index contributed by atoms with van der Waals surface area (Å²) in [6, 6.07) is 0. The zero-order valence-corrected chi connectivity index (χ0v) is 8.42. The molecule has 0 radical (unpaired) electrons. The first kappa shape index (κ1) is 8.69.